The number of carbonyl (C=O) groups excluding carboxylic acids is 2. The molecule has 38 heavy (non-hydrogen) atoms. The van der Waals surface area contributed by atoms with E-state index in [2.05, 4.69) is 10.6 Å². The molecule has 5 N–H and O–H groups in total. The van der Waals surface area contributed by atoms with E-state index < -0.39 is 55.2 Å². The minimum atomic E-state index is -3.25. The molecular formula is C23H31N4O10P. The molecule has 4 atom stereocenters. The van der Waals surface area contributed by atoms with Gasteiger partial charge >= 0.3 is 13.3 Å². The first-order valence-corrected chi connectivity index (χ1v) is 13.7. The van der Waals surface area contributed by atoms with E-state index in [1.54, 1.807) is 38.1 Å². The summed E-state index contributed by atoms with van der Waals surface area (Å²) in [4.78, 5) is 49.9. The number of benzene rings is 1. The fourth-order valence-electron chi connectivity index (χ4n) is 3.80. The van der Waals surface area contributed by atoms with Crippen LogP contribution in [0.4, 0.5) is 5.69 Å². The van der Waals surface area contributed by atoms with Gasteiger partial charge in [0.25, 0.3) is 11.5 Å². The SMILES string of the molecule is CCOP(=O)(Cc1ccc(NC(=O)CCNC(=O)[C@H]2O[C@@H](n3ccc(=O)[nH]c3=O)[C@@H](O)[C@H]2O)cc1)OCC. The van der Waals surface area contributed by atoms with Crippen molar-refractivity contribution in [2.75, 3.05) is 25.1 Å². The van der Waals surface area contributed by atoms with Gasteiger partial charge in [0.1, 0.15) is 12.2 Å². The lowest BCUT2D eigenvalue weighted by Gasteiger charge is -2.17. The van der Waals surface area contributed by atoms with Crippen LogP contribution in [0, 0.1) is 0 Å². The third-order valence-electron chi connectivity index (χ3n) is 5.54. The van der Waals surface area contributed by atoms with Gasteiger partial charge in [-0.1, -0.05) is 12.1 Å². The van der Waals surface area contributed by atoms with Crippen LogP contribution in [-0.2, 0) is 34.1 Å². The average Bonchev–Trinajstić information content (AvgIpc) is 3.15. The molecule has 2 amide bonds. The Morgan fingerprint density at radius 3 is 2.34 bits per heavy atom. The molecule has 15 heteroatoms. The number of rotatable bonds is 12. The molecular weight excluding hydrogens is 523 g/mol. The minimum Gasteiger partial charge on any atom is -0.387 e. The predicted octanol–water partition coefficient (Wildman–Crippen LogP) is 0.0669. The molecule has 1 aliphatic heterocycles. The van der Waals surface area contributed by atoms with Crippen LogP contribution in [0.15, 0.2) is 46.1 Å². The number of aliphatic hydroxyl groups excluding tert-OH is 2. The number of nitrogens with one attached hydrogen (secondary N) is 3. The largest absolute Gasteiger partial charge is 0.387 e. The maximum absolute atomic E-state index is 12.7. The van der Waals surface area contributed by atoms with Gasteiger partial charge in [-0.25, -0.2) is 4.79 Å². The second kappa shape index (κ2) is 13.1. The molecule has 1 saturated heterocycles. The number of aromatic amines is 1. The highest BCUT2D eigenvalue weighted by molar-refractivity contribution is 7.53. The minimum absolute atomic E-state index is 0.0937. The molecule has 1 fully saturated rings. The lowest BCUT2D eigenvalue weighted by molar-refractivity contribution is -0.137. The zero-order valence-corrected chi connectivity index (χ0v) is 21.8. The van der Waals surface area contributed by atoms with Crippen molar-refractivity contribution in [2.45, 2.75) is 51.0 Å². The van der Waals surface area contributed by atoms with Crippen molar-refractivity contribution in [3.05, 3.63) is 62.9 Å². The summed E-state index contributed by atoms with van der Waals surface area (Å²) in [6.07, 6.45) is -5.10. The number of aliphatic hydroxyl groups is 2. The third-order valence-corrected chi connectivity index (χ3v) is 7.59. The van der Waals surface area contributed by atoms with Crippen molar-refractivity contribution in [2.24, 2.45) is 0 Å². The van der Waals surface area contributed by atoms with Gasteiger partial charge in [-0.15, -0.1) is 0 Å². The van der Waals surface area contributed by atoms with Crippen molar-refractivity contribution < 1.29 is 38.2 Å². The Labute approximate surface area is 217 Å². The third kappa shape index (κ3) is 7.47. The molecule has 14 nitrogen and oxygen atoms in total. The molecule has 1 aromatic carbocycles. The standard InChI is InChI=1S/C23H31N4O10P/c1-3-35-38(34,36-4-2)13-14-5-7-15(8-6-14)25-16(28)9-11-24-21(32)20-18(30)19(31)22(37-20)27-12-10-17(29)26-23(27)33/h5-8,10,12,18-20,22,30-31H,3-4,9,11,13H2,1-2H3,(H,24,32)(H,25,28)(H,26,29,33)/t18-,19+,20+,22-/m1/s1. The second-order valence-electron chi connectivity index (χ2n) is 8.34. The molecule has 2 heterocycles. The van der Waals surface area contributed by atoms with Gasteiger partial charge in [-0.2, -0.15) is 0 Å². The van der Waals surface area contributed by atoms with Crippen LogP contribution in [0.1, 0.15) is 32.1 Å². The molecule has 0 bridgehead atoms. The van der Waals surface area contributed by atoms with E-state index in [0.717, 1.165) is 16.8 Å². The molecule has 1 aliphatic rings. The number of aromatic nitrogens is 2. The van der Waals surface area contributed by atoms with Gasteiger partial charge in [0.2, 0.25) is 5.91 Å². The number of ether oxygens (including phenoxy) is 1. The molecule has 2 aromatic rings. The number of H-pyrrole nitrogens is 1. The van der Waals surface area contributed by atoms with Crippen molar-refractivity contribution in [1.82, 2.24) is 14.9 Å². The Bertz CT molecular complexity index is 1270. The second-order valence-corrected chi connectivity index (χ2v) is 10.4. The fourth-order valence-corrected chi connectivity index (χ4v) is 5.50. The van der Waals surface area contributed by atoms with E-state index >= 15 is 0 Å². The first kappa shape index (κ1) is 29.4. The number of carbonyl (C=O) groups is 2. The average molecular weight is 554 g/mol. The van der Waals surface area contributed by atoms with E-state index in [0.29, 0.717) is 11.3 Å². The van der Waals surface area contributed by atoms with Gasteiger partial charge in [0, 0.05) is 30.9 Å². The predicted molar refractivity (Wildman–Crippen MR) is 135 cm³/mol. The van der Waals surface area contributed by atoms with Crippen molar-refractivity contribution in [3.63, 3.8) is 0 Å². The van der Waals surface area contributed by atoms with E-state index in [9.17, 15) is 34.0 Å². The number of anilines is 1. The number of nitrogens with zero attached hydrogens (tertiary/aromatic N) is 1. The molecule has 0 aliphatic carbocycles. The van der Waals surface area contributed by atoms with E-state index in [-0.39, 0.29) is 32.3 Å². The number of hydrogen-bond acceptors (Lipinski definition) is 10. The Hall–Kier alpha value is -3.13. The van der Waals surface area contributed by atoms with Crippen LogP contribution in [0.5, 0.6) is 0 Å². The van der Waals surface area contributed by atoms with Crippen LogP contribution in [-0.4, -0.2) is 69.6 Å². The fraction of sp³-hybridized carbons (Fsp3) is 0.478. The molecule has 0 unspecified atom stereocenters. The molecule has 0 spiro atoms. The highest BCUT2D eigenvalue weighted by Crippen LogP contribution is 2.51. The summed E-state index contributed by atoms with van der Waals surface area (Å²) in [5.41, 5.74) is -0.339. The van der Waals surface area contributed by atoms with E-state index in [4.69, 9.17) is 13.8 Å². The topological polar surface area (TPSA) is 198 Å². The Balaban J connectivity index is 1.48. The van der Waals surface area contributed by atoms with Crippen LogP contribution < -0.4 is 21.9 Å². The monoisotopic (exact) mass is 554 g/mol. The van der Waals surface area contributed by atoms with Gasteiger partial charge in [0.15, 0.2) is 12.3 Å². The maximum atomic E-state index is 12.7. The van der Waals surface area contributed by atoms with Crippen LogP contribution in [0.25, 0.3) is 0 Å². The zero-order chi connectivity index (χ0) is 27.9. The number of hydrogen-bond donors (Lipinski definition) is 5. The maximum Gasteiger partial charge on any atom is 0.335 e. The molecule has 1 aromatic heterocycles. The van der Waals surface area contributed by atoms with Crippen molar-refractivity contribution >= 4 is 25.1 Å². The highest BCUT2D eigenvalue weighted by Gasteiger charge is 2.47. The van der Waals surface area contributed by atoms with Gasteiger partial charge in [-0.3, -0.25) is 28.5 Å². The summed E-state index contributed by atoms with van der Waals surface area (Å²) in [6, 6.07) is 7.68. The van der Waals surface area contributed by atoms with E-state index in [1.807, 2.05) is 4.98 Å². The quantitative estimate of drug-likeness (QED) is 0.224. The summed E-state index contributed by atoms with van der Waals surface area (Å²) in [5.74, 6) is -1.19. The van der Waals surface area contributed by atoms with Gasteiger partial charge in [0.05, 0.1) is 19.4 Å². The van der Waals surface area contributed by atoms with E-state index in [1.165, 1.54) is 0 Å². The number of amides is 2. The van der Waals surface area contributed by atoms with Crippen molar-refractivity contribution in [1.29, 1.82) is 0 Å². The summed E-state index contributed by atoms with van der Waals surface area (Å²) in [5, 5.41) is 25.6. The van der Waals surface area contributed by atoms with Gasteiger partial charge in [-0.05, 0) is 31.5 Å². The Morgan fingerprint density at radius 2 is 1.74 bits per heavy atom. The first-order valence-electron chi connectivity index (χ1n) is 11.9. The molecule has 0 saturated carbocycles. The Kier molecular flexibility index (Phi) is 10.1. The van der Waals surface area contributed by atoms with Crippen LogP contribution in [0.2, 0.25) is 0 Å². The lowest BCUT2D eigenvalue weighted by Crippen LogP contribution is -2.43. The molecule has 3 rings (SSSR count). The Morgan fingerprint density at radius 1 is 1.08 bits per heavy atom. The summed E-state index contributed by atoms with van der Waals surface area (Å²) < 4.78 is 29.4. The smallest absolute Gasteiger partial charge is 0.335 e. The lowest BCUT2D eigenvalue weighted by atomic mass is 10.1. The highest BCUT2D eigenvalue weighted by atomic mass is 31.2. The normalized spacial score (nSPS) is 21.3. The van der Waals surface area contributed by atoms with Gasteiger partial charge < -0.3 is 34.6 Å². The van der Waals surface area contributed by atoms with Crippen LogP contribution >= 0.6 is 7.60 Å². The molecule has 208 valence electrons. The van der Waals surface area contributed by atoms with Crippen molar-refractivity contribution in [3.8, 4) is 0 Å². The van der Waals surface area contributed by atoms with Crippen LogP contribution in [0.3, 0.4) is 0 Å². The molecule has 0 radical (unpaired) electrons. The zero-order valence-electron chi connectivity index (χ0n) is 20.9. The summed E-state index contributed by atoms with van der Waals surface area (Å²) in [7, 11) is -3.25. The first-order chi connectivity index (χ1) is 18.1. The summed E-state index contributed by atoms with van der Waals surface area (Å²) in [6.45, 7) is 3.87. The summed E-state index contributed by atoms with van der Waals surface area (Å²) >= 11 is 0.